The molecule has 0 aliphatic rings. The Morgan fingerprint density at radius 3 is 2.50 bits per heavy atom. The van der Waals surface area contributed by atoms with E-state index in [4.69, 9.17) is 4.42 Å². The van der Waals surface area contributed by atoms with Crippen LogP contribution in [0.4, 0.5) is 4.39 Å². The van der Waals surface area contributed by atoms with Crippen LogP contribution in [0.25, 0.3) is 16.7 Å². The second kappa shape index (κ2) is 9.73. The van der Waals surface area contributed by atoms with Crippen molar-refractivity contribution in [3.8, 4) is 0 Å². The molecule has 3 heterocycles. The molecule has 0 radical (unpaired) electrons. The zero-order chi connectivity index (χ0) is 27.0. The number of oxazole rings is 1. The maximum atomic E-state index is 14.4. The highest BCUT2D eigenvalue weighted by molar-refractivity contribution is 5.98. The molecule has 2 amide bonds. The van der Waals surface area contributed by atoms with Crippen molar-refractivity contribution >= 4 is 34.3 Å². The summed E-state index contributed by atoms with van der Waals surface area (Å²) in [4.78, 5) is 55.7. The fraction of sp³-hybridized carbons (Fsp3) is 0.154. The lowest BCUT2D eigenvalue weighted by Gasteiger charge is -2.11. The summed E-state index contributed by atoms with van der Waals surface area (Å²) >= 11 is 0. The third-order valence-electron chi connectivity index (χ3n) is 5.96. The lowest BCUT2D eigenvalue weighted by molar-refractivity contribution is 0.0941. The van der Waals surface area contributed by atoms with Crippen molar-refractivity contribution in [1.29, 1.82) is 0 Å². The number of carbonyl (C=O) groups is 3. The van der Waals surface area contributed by atoms with Crippen LogP contribution in [0.15, 0.2) is 57.9 Å². The number of aromatic amines is 1. The first-order valence-electron chi connectivity index (χ1n) is 11.5. The quantitative estimate of drug-likeness (QED) is 0.281. The number of aromatic nitrogens is 4. The Balaban J connectivity index is 1.36. The number of hydrogen-bond donors (Lipinski definition) is 3. The number of ketones is 1. The van der Waals surface area contributed by atoms with E-state index in [0.29, 0.717) is 27.8 Å². The number of H-pyrrole nitrogens is 1. The first kappa shape index (κ1) is 24.6. The SMILES string of the molecule is CC(=O)c1cc(CNC(=O)c2cc(C(=O)NCc3ccc4oc(=O)[nH]c4c3)nc3c(F)cnn23)ccc1C. The number of nitrogens with zero attached hydrogens (tertiary/aromatic N) is 3. The van der Waals surface area contributed by atoms with Gasteiger partial charge in [0.1, 0.15) is 11.4 Å². The molecule has 0 bridgehead atoms. The summed E-state index contributed by atoms with van der Waals surface area (Å²) in [5.41, 5.74) is 3.03. The lowest BCUT2D eigenvalue weighted by Crippen LogP contribution is -2.28. The van der Waals surface area contributed by atoms with Crippen molar-refractivity contribution in [1.82, 2.24) is 30.2 Å². The smallest absolute Gasteiger partial charge is 0.408 e. The van der Waals surface area contributed by atoms with Gasteiger partial charge in [-0.2, -0.15) is 5.10 Å². The zero-order valence-corrected chi connectivity index (χ0v) is 20.3. The van der Waals surface area contributed by atoms with Gasteiger partial charge in [-0.15, -0.1) is 0 Å². The summed E-state index contributed by atoms with van der Waals surface area (Å²) in [5, 5.41) is 9.26. The molecular weight excluding hydrogens is 495 g/mol. The average Bonchev–Trinajstić information content (AvgIpc) is 3.46. The fourth-order valence-electron chi connectivity index (χ4n) is 4.03. The second-order valence-corrected chi connectivity index (χ2v) is 8.67. The van der Waals surface area contributed by atoms with Crippen molar-refractivity contribution < 1.29 is 23.2 Å². The molecule has 0 fully saturated rings. The maximum Gasteiger partial charge on any atom is 0.417 e. The third-order valence-corrected chi connectivity index (χ3v) is 5.96. The summed E-state index contributed by atoms with van der Waals surface area (Å²) in [6.07, 6.45) is 0.904. The van der Waals surface area contributed by atoms with E-state index in [2.05, 4.69) is 25.7 Å². The minimum atomic E-state index is -0.798. The predicted molar refractivity (Wildman–Crippen MR) is 133 cm³/mol. The Morgan fingerprint density at radius 1 is 1.03 bits per heavy atom. The molecule has 38 heavy (non-hydrogen) atoms. The van der Waals surface area contributed by atoms with Gasteiger partial charge in [-0.25, -0.2) is 18.7 Å². The van der Waals surface area contributed by atoms with Gasteiger partial charge < -0.3 is 15.1 Å². The Labute approximate surface area is 213 Å². The molecule has 0 atom stereocenters. The number of nitrogens with one attached hydrogen (secondary N) is 3. The summed E-state index contributed by atoms with van der Waals surface area (Å²) < 4.78 is 20.3. The second-order valence-electron chi connectivity index (χ2n) is 8.67. The number of benzene rings is 2. The van der Waals surface area contributed by atoms with E-state index < -0.39 is 23.4 Å². The molecule has 0 unspecified atom stereocenters. The minimum Gasteiger partial charge on any atom is -0.408 e. The van der Waals surface area contributed by atoms with Crippen LogP contribution in [0.5, 0.6) is 0 Å². The molecule has 3 aromatic heterocycles. The van der Waals surface area contributed by atoms with Gasteiger partial charge in [-0.1, -0.05) is 18.2 Å². The predicted octanol–water partition coefficient (Wildman–Crippen LogP) is 2.67. The van der Waals surface area contributed by atoms with Crippen LogP contribution in [-0.2, 0) is 13.1 Å². The maximum absolute atomic E-state index is 14.4. The molecule has 0 saturated carbocycles. The highest BCUT2D eigenvalue weighted by Crippen LogP contribution is 2.15. The molecule has 0 aliphatic carbocycles. The van der Waals surface area contributed by atoms with Crippen molar-refractivity contribution in [2.75, 3.05) is 0 Å². The molecule has 192 valence electrons. The number of amides is 2. The molecular formula is C26H21FN6O5. The molecule has 5 rings (SSSR count). The number of halogens is 1. The summed E-state index contributed by atoms with van der Waals surface area (Å²) in [7, 11) is 0. The monoisotopic (exact) mass is 516 g/mol. The molecule has 0 spiro atoms. The summed E-state index contributed by atoms with van der Waals surface area (Å²) in [6.45, 7) is 3.45. The van der Waals surface area contributed by atoms with Gasteiger partial charge in [0.25, 0.3) is 11.8 Å². The van der Waals surface area contributed by atoms with Gasteiger partial charge in [0, 0.05) is 24.7 Å². The Kier molecular flexibility index (Phi) is 6.29. The zero-order valence-electron chi connectivity index (χ0n) is 20.3. The molecule has 0 aliphatic heterocycles. The van der Waals surface area contributed by atoms with E-state index in [1.54, 1.807) is 36.4 Å². The Hall–Kier alpha value is -5.13. The molecule has 11 nitrogen and oxygen atoms in total. The molecule has 3 N–H and O–H groups in total. The molecule has 12 heteroatoms. The van der Waals surface area contributed by atoms with E-state index in [1.807, 2.05) is 6.92 Å². The Bertz CT molecular complexity index is 1800. The van der Waals surface area contributed by atoms with Crippen LogP contribution >= 0.6 is 0 Å². The number of fused-ring (bicyclic) bond motifs is 2. The number of carbonyl (C=O) groups excluding carboxylic acids is 3. The number of Topliss-reactive ketones (excluding diaryl/α,β-unsaturated/α-hetero) is 1. The number of rotatable bonds is 7. The van der Waals surface area contributed by atoms with Gasteiger partial charge in [0.2, 0.25) is 0 Å². The number of aryl methyl sites for hydroxylation is 1. The number of hydrogen-bond acceptors (Lipinski definition) is 7. The average molecular weight is 516 g/mol. The normalized spacial score (nSPS) is 11.1. The van der Waals surface area contributed by atoms with Crippen LogP contribution in [0.2, 0.25) is 0 Å². The van der Waals surface area contributed by atoms with E-state index in [1.165, 1.54) is 13.0 Å². The van der Waals surface area contributed by atoms with E-state index in [0.717, 1.165) is 16.3 Å². The molecule has 5 aromatic rings. The highest BCUT2D eigenvalue weighted by atomic mass is 19.1. The van der Waals surface area contributed by atoms with Gasteiger partial charge in [-0.3, -0.25) is 19.4 Å². The van der Waals surface area contributed by atoms with Crippen molar-refractivity contribution in [3.63, 3.8) is 0 Å². The van der Waals surface area contributed by atoms with Crippen LogP contribution in [0.3, 0.4) is 0 Å². The van der Waals surface area contributed by atoms with Crippen LogP contribution < -0.4 is 16.4 Å². The van der Waals surface area contributed by atoms with Gasteiger partial charge in [-0.05, 0) is 48.7 Å². The first-order chi connectivity index (χ1) is 18.2. The molecule has 2 aromatic carbocycles. The van der Waals surface area contributed by atoms with Crippen molar-refractivity contribution in [3.05, 3.63) is 98.7 Å². The largest absolute Gasteiger partial charge is 0.417 e. The summed E-state index contributed by atoms with van der Waals surface area (Å²) in [6, 6.07) is 11.4. The van der Waals surface area contributed by atoms with Crippen LogP contribution in [0.1, 0.15) is 54.9 Å². The fourth-order valence-corrected chi connectivity index (χ4v) is 4.03. The lowest BCUT2D eigenvalue weighted by atomic mass is 10.0. The highest BCUT2D eigenvalue weighted by Gasteiger charge is 2.20. The van der Waals surface area contributed by atoms with Crippen LogP contribution in [0, 0.1) is 12.7 Å². The Morgan fingerprint density at radius 2 is 1.74 bits per heavy atom. The van der Waals surface area contributed by atoms with E-state index in [-0.39, 0.29) is 35.9 Å². The van der Waals surface area contributed by atoms with E-state index in [9.17, 15) is 23.6 Å². The van der Waals surface area contributed by atoms with Crippen molar-refractivity contribution in [2.24, 2.45) is 0 Å². The standard InChI is InChI=1S/C26H21FN6O5/c1-13-3-4-15(7-17(13)14(2)34)10-29-25(36)21-9-20(31-23-18(27)12-30-33(21)23)24(35)28-11-16-5-6-22-19(8-16)32-26(37)38-22/h3-9,12H,10-11H2,1-2H3,(H,28,35)(H,29,36)(H,32,37). The first-order valence-corrected chi connectivity index (χ1v) is 11.5. The van der Waals surface area contributed by atoms with Gasteiger partial charge in [0.05, 0.1) is 11.7 Å². The summed E-state index contributed by atoms with van der Waals surface area (Å²) in [5.74, 6) is -2.74. The van der Waals surface area contributed by atoms with Crippen molar-refractivity contribution in [2.45, 2.75) is 26.9 Å². The molecule has 0 saturated heterocycles. The third kappa shape index (κ3) is 4.78. The minimum absolute atomic E-state index is 0.0734. The van der Waals surface area contributed by atoms with Gasteiger partial charge >= 0.3 is 5.76 Å². The van der Waals surface area contributed by atoms with Crippen LogP contribution in [-0.4, -0.2) is 37.2 Å². The van der Waals surface area contributed by atoms with E-state index >= 15 is 0 Å². The topological polar surface area (TPSA) is 151 Å². The van der Waals surface area contributed by atoms with Gasteiger partial charge in [0.15, 0.2) is 22.8 Å².